The van der Waals surface area contributed by atoms with Crippen molar-refractivity contribution in [3.05, 3.63) is 29.3 Å². The van der Waals surface area contributed by atoms with Gasteiger partial charge in [-0.2, -0.15) is 0 Å². The van der Waals surface area contributed by atoms with Crippen molar-refractivity contribution in [2.75, 3.05) is 13.2 Å². The van der Waals surface area contributed by atoms with Gasteiger partial charge in [0.25, 0.3) is 0 Å². The maximum absolute atomic E-state index is 11.8. The molecule has 0 spiro atoms. The Morgan fingerprint density at radius 2 is 2.11 bits per heavy atom. The smallest absolute Gasteiger partial charge is 0.492 e. The van der Waals surface area contributed by atoms with Gasteiger partial charge in [-0.25, -0.2) is 0 Å². The second-order valence-corrected chi connectivity index (χ2v) is 4.26. The summed E-state index contributed by atoms with van der Waals surface area (Å²) in [5.41, 5.74) is 7.49. The number of hydrogen-bond donors (Lipinski definition) is 1. The summed E-state index contributed by atoms with van der Waals surface area (Å²) >= 11 is 0. The Kier molecular flexibility index (Phi) is 5.46. The summed E-state index contributed by atoms with van der Waals surface area (Å²) in [6.45, 7) is 0.0960. The zero-order chi connectivity index (χ0) is 13.2. The summed E-state index contributed by atoms with van der Waals surface area (Å²) < 4.78 is 44.6. The Morgan fingerprint density at radius 1 is 1.37 bits per heavy atom. The Labute approximate surface area is 115 Å². The highest BCUT2D eigenvalue weighted by atomic mass is 35.5. The number of benzene rings is 1. The van der Waals surface area contributed by atoms with Crippen LogP contribution in [-0.4, -0.2) is 25.6 Å². The van der Waals surface area contributed by atoms with E-state index in [1.54, 1.807) is 12.1 Å². The van der Waals surface area contributed by atoms with E-state index >= 15 is 0 Å². The zero-order valence-corrected chi connectivity index (χ0v) is 10.9. The van der Waals surface area contributed by atoms with Gasteiger partial charge in [0.05, 0.1) is 6.61 Å². The van der Waals surface area contributed by atoms with Crippen molar-refractivity contribution in [3.8, 4) is 5.75 Å². The fourth-order valence-corrected chi connectivity index (χ4v) is 1.91. The number of alkyl halides is 3. The molecule has 1 aliphatic heterocycles. The van der Waals surface area contributed by atoms with E-state index in [-0.39, 0.29) is 31.5 Å². The van der Waals surface area contributed by atoms with Crippen LogP contribution in [0.1, 0.15) is 11.1 Å². The highest BCUT2D eigenvalue weighted by Crippen LogP contribution is 2.25. The fourth-order valence-electron chi connectivity index (χ4n) is 1.91. The second kappa shape index (κ2) is 6.45. The zero-order valence-electron chi connectivity index (χ0n) is 10.1. The van der Waals surface area contributed by atoms with Crippen LogP contribution >= 0.6 is 12.4 Å². The predicted molar refractivity (Wildman–Crippen MR) is 66.6 cm³/mol. The van der Waals surface area contributed by atoms with Crippen LogP contribution < -0.4 is 10.5 Å². The lowest BCUT2D eigenvalue weighted by Gasteiger charge is -2.22. The first kappa shape index (κ1) is 16.1. The number of rotatable bonds is 3. The molecule has 7 heteroatoms. The van der Waals surface area contributed by atoms with Crippen LogP contribution in [0.5, 0.6) is 5.75 Å². The minimum Gasteiger partial charge on any atom is -0.492 e. The quantitative estimate of drug-likeness (QED) is 0.932. The fraction of sp³-hybridized carbons (Fsp3) is 0.500. The summed E-state index contributed by atoms with van der Waals surface area (Å²) in [4.78, 5) is 0. The summed E-state index contributed by atoms with van der Waals surface area (Å²) in [6, 6.07) is 5.28. The first-order chi connectivity index (χ1) is 8.44. The minimum atomic E-state index is -4.57. The molecule has 0 bridgehead atoms. The topological polar surface area (TPSA) is 44.5 Å². The average molecular weight is 298 g/mol. The highest BCUT2D eigenvalue weighted by Gasteiger charge is 2.28. The number of fused-ring (bicyclic) bond motifs is 1. The first-order valence-corrected chi connectivity index (χ1v) is 5.65. The van der Waals surface area contributed by atoms with Crippen LogP contribution in [0.25, 0.3) is 0 Å². The first-order valence-electron chi connectivity index (χ1n) is 5.65. The number of nitrogens with two attached hydrogens (primary N) is 1. The molecule has 1 heterocycles. The molecule has 0 amide bonds. The third kappa shape index (κ3) is 4.89. The highest BCUT2D eigenvalue weighted by molar-refractivity contribution is 5.85. The van der Waals surface area contributed by atoms with Gasteiger partial charge in [-0.3, -0.25) is 4.74 Å². The van der Waals surface area contributed by atoms with Crippen molar-refractivity contribution in [2.45, 2.75) is 25.2 Å². The van der Waals surface area contributed by atoms with Crippen molar-refractivity contribution in [2.24, 2.45) is 5.73 Å². The van der Waals surface area contributed by atoms with Gasteiger partial charge < -0.3 is 10.5 Å². The summed E-state index contributed by atoms with van der Waals surface area (Å²) in [7, 11) is 0. The van der Waals surface area contributed by atoms with Gasteiger partial charge in [0.1, 0.15) is 12.4 Å². The largest absolute Gasteiger partial charge is 0.522 e. The molecule has 2 N–H and O–H groups in total. The summed E-state index contributed by atoms with van der Waals surface area (Å²) in [5.74, 6) is 0.761. The number of halogens is 4. The molecule has 1 atom stereocenters. The number of ether oxygens (including phenoxy) is 2. The van der Waals surface area contributed by atoms with Gasteiger partial charge in [-0.15, -0.1) is 25.6 Å². The molecule has 0 saturated carbocycles. The van der Waals surface area contributed by atoms with E-state index in [9.17, 15) is 13.2 Å². The third-order valence-corrected chi connectivity index (χ3v) is 2.72. The molecule has 3 nitrogen and oxygen atoms in total. The normalized spacial score (nSPS) is 18.2. The molecule has 0 fully saturated rings. The lowest BCUT2D eigenvalue weighted by atomic mass is 10.00. The van der Waals surface area contributed by atoms with Crippen molar-refractivity contribution in [1.82, 2.24) is 0 Å². The van der Waals surface area contributed by atoms with E-state index in [1.165, 1.54) is 0 Å². The minimum absolute atomic E-state index is 0. The molecule has 1 aromatic rings. The van der Waals surface area contributed by atoms with Gasteiger partial charge in [-0.05, 0) is 30.0 Å². The molecule has 1 aromatic carbocycles. The molecular weight excluding hydrogens is 283 g/mol. The lowest BCUT2D eigenvalue weighted by molar-refractivity contribution is -0.324. The summed E-state index contributed by atoms with van der Waals surface area (Å²) in [6.07, 6.45) is -3.68. The van der Waals surface area contributed by atoms with Crippen LogP contribution in [0, 0.1) is 0 Å². The Hall–Kier alpha value is -0.980. The van der Waals surface area contributed by atoms with Gasteiger partial charge in [0, 0.05) is 6.04 Å². The molecule has 0 unspecified atom stereocenters. The van der Waals surface area contributed by atoms with Crippen molar-refractivity contribution < 1.29 is 22.6 Å². The van der Waals surface area contributed by atoms with Gasteiger partial charge in [-0.1, -0.05) is 12.1 Å². The van der Waals surface area contributed by atoms with Gasteiger partial charge in [0.2, 0.25) is 0 Å². The second-order valence-electron chi connectivity index (χ2n) is 4.26. The van der Waals surface area contributed by atoms with Crippen molar-refractivity contribution in [3.63, 3.8) is 0 Å². The van der Waals surface area contributed by atoms with Crippen LogP contribution in [0.4, 0.5) is 13.2 Å². The van der Waals surface area contributed by atoms with E-state index in [0.29, 0.717) is 13.0 Å². The van der Waals surface area contributed by atoms with E-state index in [1.807, 2.05) is 6.07 Å². The summed E-state index contributed by atoms with van der Waals surface area (Å²) in [5, 5.41) is 0. The molecule has 1 aliphatic rings. The molecule has 2 rings (SSSR count). The third-order valence-electron chi connectivity index (χ3n) is 2.72. The molecular formula is C12H15ClF3NO2. The van der Waals surface area contributed by atoms with Gasteiger partial charge in [0.15, 0.2) is 0 Å². The Morgan fingerprint density at radius 3 is 2.79 bits per heavy atom. The van der Waals surface area contributed by atoms with Crippen LogP contribution in [-0.2, 0) is 17.6 Å². The van der Waals surface area contributed by atoms with Gasteiger partial charge >= 0.3 is 6.36 Å². The average Bonchev–Trinajstić information content (AvgIpc) is 2.26. The van der Waals surface area contributed by atoms with Crippen LogP contribution in [0.15, 0.2) is 18.2 Å². The SMILES string of the molecule is Cl.N[C@H]1COc2ccc(CCOC(F)(F)F)cc2C1. The molecule has 0 saturated heterocycles. The van der Waals surface area contributed by atoms with E-state index in [0.717, 1.165) is 16.9 Å². The van der Waals surface area contributed by atoms with Crippen molar-refractivity contribution >= 4 is 12.4 Å². The predicted octanol–water partition coefficient (Wildman–Crippen LogP) is 2.45. The standard InChI is InChI=1S/C12H14F3NO2.ClH/c13-12(14,15)18-4-3-8-1-2-11-9(5-8)6-10(16)7-17-11;/h1-2,5,10H,3-4,6-7,16H2;1H/t10-;/m1./s1. The molecule has 19 heavy (non-hydrogen) atoms. The van der Waals surface area contributed by atoms with E-state index < -0.39 is 6.36 Å². The van der Waals surface area contributed by atoms with E-state index in [4.69, 9.17) is 10.5 Å². The van der Waals surface area contributed by atoms with Crippen molar-refractivity contribution in [1.29, 1.82) is 0 Å². The molecule has 0 aromatic heterocycles. The van der Waals surface area contributed by atoms with Crippen LogP contribution in [0.2, 0.25) is 0 Å². The van der Waals surface area contributed by atoms with E-state index in [2.05, 4.69) is 4.74 Å². The number of hydrogen-bond acceptors (Lipinski definition) is 3. The molecule has 0 radical (unpaired) electrons. The molecule has 108 valence electrons. The van der Waals surface area contributed by atoms with Crippen LogP contribution in [0.3, 0.4) is 0 Å². The monoisotopic (exact) mass is 297 g/mol. The maximum Gasteiger partial charge on any atom is 0.522 e. The maximum atomic E-state index is 11.8. The molecule has 0 aliphatic carbocycles. The Balaban J connectivity index is 0.00000180. The lowest BCUT2D eigenvalue weighted by Crippen LogP contribution is -2.33. The Bertz CT molecular complexity index is 426.